The molecule has 0 radical (unpaired) electrons. The Balaban J connectivity index is 1.47. The van der Waals surface area contributed by atoms with Gasteiger partial charge in [0.2, 0.25) is 41.9 Å². The summed E-state index contributed by atoms with van der Waals surface area (Å²) in [6.07, 6.45) is 11.2. The number of carbonyl (C=O) groups excluding carboxylic acids is 7. The molecule has 0 aromatic heterocycles. The third-order valence-electron chi connectivity index (χ3n) is 9.11. The number of allylic oxidation sites excluding steroid dienone is 4. The number of hydrogen-bond donors (Lipinski definition) is 6. The summed E-state index contributed by atoms with van der Waals surface area (Å²) in [5.74, 6) is -0.890. The van der Waals surface area contributed by atoms with Gasteiger partial charge in [0.05, 0.1) is 12.1 Å². The lowest BCUT2D eigenvalue weighted by atomic mass is 10.0. The second kappa shape index (κ2) is 22.3. The van der Waals surface area contributed by atoms with Gasteiger partial charge in [-0.25, -0.2) is 0 Å². The van der Waals surface area contributed by atoms with E-state index in [9.17, 15) is 38.7 Å². The molecular weight excluding hydrogens is 711 g/mol. The molecule has 52 heavy (non-hydrogen) atoms. The lowest BCUT2D eigenvalue weighted by Gasteiger charge is -2.31. The Kier molecular flexibility index (Phi) is 18.2. The van der Waals surface area contributed by atoms with Gasteiger partial charge in [0.25, 0.3) is 0 Å². The van der Waals surface area contributed by atoms with Gasteiger partial charge in [0.1, 0.15) is 24.2 Å². The number of amides is 7. The van der Waals surface area contributed by atoms with Crippen LogP contribution in [0.5, 0.6) is 0 Å². The smallest absolute Gasteiger partial charge is 0.246 e. The second-order valence-electron chi connectivity index (χ2n) is 13.0. The van der Waals surface area contributed by atoms with Gasteiger partial charge in [-0.1, -0.05) is 45.9 Å². The van der Waals surface area contributed by atoms with Crippen molar-refractivity contribution in [1.82, 2.24) is 36.4 Å². The van der Waals surface area contributed by atoms with Crippen LogP contribution >= 0.6 is 21.6 Å². The Morgan fingerprint density at radius 3 is 2.42 bits per heavy atom. The van der Waals surface area contributed by atoms with Crippen LogP contribution < -0.4 is 26.6 Å². The molecule has 3 heterocycles. The van der Waals surface area contributed by atoms with Gasteiger partial charge in [-0.2, -0.15) is 0 Å². The fourth-order valence-corrected chi connectivity index (χ4v) is 7.95. The number of aliphatic hydroxyl groups excluding tert-OH is 1. The van der Waals surface area contributed by atoms with E-state index in [-0.39, 0.29) is 49.3 Å². The molecule has 17 heteroatoms. The normalized spacial score (nSPS) is 25.0. The molecule has 0 aliphatic carbocycles. The van der Waals surface area contributed by atoms with Gasteiger partial charge in [0, 0.05) is 56.6 Å². The molecule has 2 fully saturated rings. The van der Waals surface area contributed by atoms with Gasteiger partial charge in [0.15, 0.2) is 0 Å². The highest BCUT2D eigenvalue weighted by molar-refractivity contribution is 8.76. The van der Waals surface area contributed by atoms with Crippen molar-refractivity contribution in [2.75, 3.05) is 31.1 Å². The minimum absolute atomic E-state index is 0.000145. The first kappa shape index (κ1) is 42.6. The molecule has 6 N–H and O–H groups in total. The molecule has 0 saturated carbocycles. The quantitative estimate of drug-likeness (QED) is 0.0561. The summed E-state index contributed by atoms with van der Waals surface area (Å²) in [4.78, 5) is 92.4. The van der Waals surface area contributed by atoms with Crippen molar-refractivity contribution in [3.63, 3.8) is 0 Å². The zero-order valence-electron chi connectivity index (χ0n) is 30.1. The highest BCUT2D eigenvalue weighted by Gasteiger charge is 2.42. The number of likely N-dealkylation sites (tertiary alicyclic amines) is 2. The Morgan fingerprint density at radius 1 is 1.00 bits per heavy atom. The van der Waals surface area contributed by atoms with Crippen LogP contribution in [0.25, 0.3) is 0 Å². The fourth-order valence-electron chi connectivity index (χ4n) is 6.06. The molecule has 0 aromatic rings. The van der Waals surface area contributed by atoms with Gasteiger partial charge >= 0.3 is 0 Å². The van der Waals surface area contributed by atoms with E-state index in [0.717, 1.165) is 0 Å². The number of hydrogen-bond acceptors (Lipinski definition) is 10. The summed E-state index contributed by atoms with van der Waals surface area (Å²) in [6, 6.07) is -3.59. The summed E-state index contributed by atoms with van der Waals surface area (Å²) in [5, 5.41) is 23.2. The van der Waals surface area contributed by atoms with Crippen LogP contribution in [0.2, 0.25) is 0 Å². The van der Waals surface area contributed by atoms with E-state index < -0.39 is 48.1 Å². The molecule has 7 amide bonds. The molecular formula is C35H53N7O8S2. The first-order chi connectivity index (χ1) is 25.0. The van der Waals surface area contributed by atoms with Crippen LogP contribution in [0.1, 0.15) is 72.1 Å². The van der Waals surface area contributed by atoms with Gasteiger partial charge in [-0.05, 0) is 58.4 Å². The van der Waals surface area contributed by atoms with Crippen LogP contribution in [0, 0.1) is 0 Å². The monoisotopic (exact) mass is 763 g/mol. The average Bonchev–Trinajstić information content (AvgIpc) is 3.81. The molecule has 288 valence electrons. The lowest BCUT2D eigenvalue weighted by Crippen LogP contribution is -2.54. The maximum atomic E-state index is 13.5. The summed E-state index contributed by atoms with van der Waals surface area (Å²) < 4.78 is 0. The minimum atomic E-state index is -0.976. The van der Waals surface area contributed by atoms with Crippen LogP contribution in [-0.4, -0.2) is 124 Å². The Hall–Kier alpha value is -3.83. The molecule has 0 bridgehead atoms. The topological polar surface area (TPSA) is 206 Å². The van der Waals surface area contributed by atoms with E-state index in [1.807, 2.05) is 13.0 Å². The summed E-state index contributed by atoms with van der Waals surface area (Å²) in [5.41, 5.74) is 0.610. The Morgan fingerprint density at radius 2 is 1.71 bits per heavy atom. The van der Waals surface area contributed by atoms with E-state index in [4.69, 9.17) is 0 Å². The van der Waals surface area contributed by atoms with Crippen LogP contribution in [0.4, 0.5) is 0 Å². The van der Waals surface area contributed by atoms with Gasteiger partial charge in [-0.15, -0.1) is 0 Å². The molecule has 6 atom stereocenters. The first-order valence-electron chi connectivity index (χ1n) is 17.8. The number of aliphatic hydroxyl groups is 1. The molecule has 2 saturated heterocycles. The summed E-state index contributed by atoms with van der Waals surface area (Å²) in [6.45, 7) is 6.40. The van der Waals surface area contributed by atoms with Crippen molar-refractivity contribution in [2.45, 2.75) is 108 Å². The predicted molar refractivity (Wildman–Crippen MR) is 200 cm³/mol. The van der Waals surface area contributed by atoms with Gasteiger partial charge < -0.3 is 41.5 Å². The van der Waals surface area contributed by atoms with Crippen LogP contribution in [-0.2, 0) is 33.6 Å². The third kappa shape index (κ3) is 13.3. The zero-order chi connectivity index (χ0) is 38.0. The Bertz CT molecular complexity index is 1370. The minimum Gasteiger partial charge on any atom is -0.391 e. The SMILES string of the molecule is C\C=C/C=C\C1=C\NC(=O)CCC(NC=O)C(=O)N[C@H](C(=O)NCCSSCCC(=O)N2CCCC2C(=O)N2CCCC2C(=O)NC(C)C(C)O)C1. The molecule has 5 unspecified atom stereocenters. The van der Waals surface area contributed by atoms with E-state index in [1.54, 1.807) is 41.9 Å². The maximum absolute atomic E-state index is 13.5. The van der Waals surface area contributed by atoms with Crippen molar-refractivity contribution in [3.05, 3.63) is 36.1 Å². The number of rotatable bonds is 16. The van der Waals surface area contributed by atoms with Crippen molar-refractivity contribution in [3.8, 4) is 0 Å². The molecule has 15 nitrogen and oxygen atoms in total. The predicted octanol–water partition coefficient (Wildman–Crippen LogP) is 0.657. The average molecular weight is 764 g/mol. The van der Waals surface area contributed by atoms with Crippen molar-refractivity contribution < 1.29 is 38.7 Å². The summed E-state index contributed by atoms with van der Waals surface area (Å²) >= 11 is 0. The van der Waals surface area contributed by atoms with E-state index in [2.05, 4.69) is 26.6 Å². The highest BCUT2D eigenvalue weighted by Crippen LogP contribution is 2.27. The van der Waals surface area contributed by atoms with Gasteiger partial charge in [-0.3, -0.25) is 33.6 Å². The molecule has 3 rings (SSSR count). The third-order valence-corrected chi connectivity index (χ3v) is 11.5. The largest absolute Gasteiger partial charge is 0.391 e. The number of nitrogens with one attached hydrogen (secondary N) is 5. The molecule has 0 spiro atoms. The van der Waals surface area contributed by atoms with Crippen molar-refractivity contribution >= 4 is 63.4 Å². The van der Waals surface area contributed by atoms with Crippen LogP contribution in [0.15, 0.2) is 36.1 Å². The van der Waals surface area contributed by atoms with E-state index in [1.165, 1.54) is 27.8 Å². The van der Waals surface area contributed by atoms with Crippen LogP contribution in [0.3, 0.4) is 0 Å². The standard InChI is InChI=1S/C35H53N7O8S2/c1-4-5-6-9-25-20-27(40-33(48)26(38-22-43)12-13-30(45)37-21-25)32(47)36-15-19-52-51-18-14-31(46)41-16-8-11-29(41)35(50)42-17-7-10-28(42)34(49)39-23(2)24(3)44/h4-6,9,21-24,26-29,44H,7-8,10-20H2,1-3H3,(H,36,47)(H,37,45)(H,38,43)(H,39,49)(H,40,48)/b5-4-,9-6-,25-21-/t23?,24?,26?,27-,28?,29?/m0/s1. The van der Waals surface area contributed by atoms with Crippen molar-refractivity contribution in [2.24, 2.45) is 0 Å². The van der Waals surface area contributed by atoms with E-state index >= 15 is 0 Å². The maximum Gasteiger partial charge on any atom is 0.246 e. The Labute approximate surface area is 313 Å². The second-order valence-corrected chi connectivity index (χ2v) is 15.7. The fraction of sp³-hybridized carbons (Fsp3) is 0.629. The lowest BCUT2D eigenvalue weighted by molar-refractivity contribution is -0.146. The van der Waals surface area contributed by atoms with Crippen molar-refractivity contribution in [1.29, 1.82) is 0 Å². The highest BCUT2D eigenvalue weighted by atomic mass is 33.1. The zero-order valence-corrected chi connectivity index (χ0v) is 31.8. The number of carbonyl (C=O) groups is 7. The first-order valence-corrected chi connectivity index (χ1v) is 20.3. The molecule has 0 aromatic carbocycles. The number of nitrogens with zero attached hydrogens (tertiary/aromatic N) is 2. The van der Waals surface area contributed by atoms with E-state index in [0.29, 0.717) is 68.8 Å². The molecule has 3 aliphatic heterocycles. The summed E-state index contributed by atoms with van der Waals surface area (Å²) in [7, 11) is 2.96. The molecule has 3 aliphatic rings.